The van der Waals surface area contributed by atoms with Crippen LogP contribution in [0.5, 0.6) is 0 Å². The van der Waals surface area contributed by atoms with Gasteiger partial charge in [0.15, 0.2) is 0 Å². The van der Waals surface area contributed by atoms with Crippen LogP contribution in [0.2, 0.25) is 0 Å². The molecule has 0 aromatic rings. The van der Waals surface area contributed by atoms with Crippen molar-refractivity contribution in [3.8, 4) is 0 Å². The van der Waals surface area contributed by atoms with Gasteiger partial charge < -0.3 is 19.5 Å². The molecule has 0 bridgehead atoms. The zero-order chi connectivity index (χ0) is 17.0. The van der Waals surface area contributed by atoms with Crippen molar-refractivity contribution in [2.45, 2.75) is 77.1 Å². The van der Waals surface area contributed by atoms with Gasteiger partial charge in [-0.15, -0.1) is 0 Å². The van der Waals surface area contributed by atoms with Gasteiger partial charge in [0.1, 0.15) is 5.60 Å². The first-order chi connectivity index (χ1) is 10.7. The molecule has 0 radical (unpaired) electrons. The Hall–Kier alpha value is -1.30. The number of piperidine rings is 1. The van der Waals surface area contributed by atoms with E-state index in [1.165, 1.54) is 0 Å². The van der Waals surface area contributed by atoms with Crippen molar-refractivity contribution in [2.24, 2.45) is 5.92 Å². The molecule has 1 N–H and O–H groups in total. The Kier molecular flexibility index (Phi) is 5.89. The molecule has 0 spiro atoms. The third-order valence-electron chi connectivity index (χ3n) is 4.50. The smallest absolute Gasteiger partial charge is 0.410 e. The molecule has 2 aliphatic rings. The number of likely N-dealkylation sites (tertiary alicyclic amines) is 1. The fraction of sp³-hybridized carbons (Fsp3) is 0.882. The molecule has 132 valence electrons. The topological polar surface area (TPSA) is 76.1 Å². The van der Waals surface area contributed by atoms with Gasteiger partial charge in [0.2, 0.25) is 0 Å². The molecule has 0 atom stereocenters. The summed E-state index contributed by atoms with van der Waals surface area (Å²) in [5, 5.41) is 9.02. The van der Waals surface area contributed by atoms with E-state index in [2.05, 4.69) is 0 Å². The zero-order valence-electron chi connectivity index (χ0n) is 14.4. The van der Waals surface area contributed by atoms with Crippen LogP contribution in [-0.4, -0.2) is 53.0 Å². The number of aliphatic carboxylic acids is 1. The highest BCUT2D eigenvalue weighted by atomic mass is 16.6. The molecule has 2 rings (SSSR count). The van der Waals surface area contributed by atoms with Crippen molar-refractivity contribution < 1.29 is 24.2 Å². The second kappa shape index (κ2) is 7.51. The van der Waals surface area contributed by atoms with E-state index < -0.39 is 11.6 Å². The number of rotatable bonds is 3. The van der Waals surface area contributed by atoms with Crippen molar-refractivity contribution in [1.82, 2.24) is 4.90 Å². The van der Waals surface area contributed by atoms with E-state index in [4.69, 9.17) is 14.6 Å². The summed E-state index contributed by atoms with van der Waals surface area (Å²) in [6.45, 7) is 6.92. The van der Waals surface area contributed by atoms with Crippen LogP contribution < -0.4 is 0 Å². The average Bonchev–Trinajstić information content (AvgIpc) is 2.46. The molecule has 1 saturated carbocycles. The van der Waals surface area contributed by atoms with Crippen LogP contribution in [-0.2, 0) is 14.3 Å². The number of ether oxygens (including phenoxy) is 2. The summed E-state index contributed by atoms with van der Waals surface area (Å²) < 4.78 is 11.5. The normalized spacial score (nSPS) is 26.8. The van der Waals surface area contributed by atoms with Crippen molar-refractivity contribution in [1.29, 1.82) is 0 Å². The largest absolute Gasteiger partial charge is 0.481 e. The minimum absolute atomic E-state index is 0.167. The Balaban J connectivity index is 1.69. The lowest BCUT2D eigenvalue weighted by molar-refractivity contribution is -0.144. The molecule has 1 aliphatic heterocycles. The molecular weight excluding hydrogens is 298 g/mol. The predicted molar refractivity (Wildman–Crippen MR) is 85.3 cm³/mol. The van der Waals surface area contributed by atoms with Gasteiger partial charge in [-0.05, 0) is 59.3 Å². The summed E-state index contributed by atoms with van der Waals surface area (Å²) in [6, 6.07) is 0. The molecule has 0 aromatic heterocycles. The highest BCUT2D eigenvalue weighted by molar-refractivity contribution is 5.70. The molecule has 1 aliphatic carbocycles. The van der Waals surface area contributed by atoms with Crippen LogP contribution in [0.15, 0.2) is 0 Å². The number of carbonyl (C=O) groups excluding carboxylic acids is 1. The van der Waals surface area contributed by atoms with E-state index in [1.807, 2.05) is 20.8 Å². The van der Waals surface area contributed by atoms with Gasteiger partial charge in [-0.1, -0.05) is 0 Å². The van der Waals surface area contributed by atoms with Crippen molar-refractivity contribution in [2.75, 3.05) is 13.1 Å². The Bertz CT molecular complexity index is 415. The lowest BCUT2D eigenvalue weighted by atomic mass is 9.87. The second-order valence-electron chi connectivity index (χ2n) is 7.61. The second-order valence-corrected chi connectivity index (χ2v) is 7.61. The fourth-order valence-electron chi connectivity index (χ4n) is 3.22. The maximum absolute atomic E-state index is 12.0. The van der Waals surface area contributed by atoms with Crippen LogP contribution in [0.25, 0.3) is 0 Å². The first-order valence-electron chi connectivity index (χ1n) is 8.61. The maximum Gasteiger partial charge on any atom is 0.410 e. The van der Waals surface area contributed by atoms with Crippen LogP contribution in [0.3, 0.4) is 0 Å². The Morgan fingerprint density at radius 3 is 1.96 bits per heavy atom. The minimum atomic E-state index is -0.686. The van der Waals surface area contributed by atoms with Crippen molar-refractivity contribution in [3.05, 3.63) is 0 Å². The van der Waals surface area contributed by atoms with E-state index in [-0.39, 0.29) is 24.2 Å². The quantitative estimate of drug-likeness (QED) is 0.862. The number of hydrogen-bond acceptors (Lipinski definition) is 4. The van der Waals surface area contributed by atoms with E-state index in [0.29, 0.717) is 25.9 Å². The Morgan fingerprint density at radius 1 is 0.957 bits per heavy atom. The first-order valence-corrected chi connectivity index (χ1v) is 8.61. The van der Waals surface area contributed by atoms with Gasteiger partial charge in [-0.3, -0.25) is 4.79 Å². The molecule has 1 amide bonds. The molecule has 0 aromatic carbocycles. The summed E-state index contributed by atoms with van der Waals surface area (Å²) >= 11 is 0. The lowest BCUT2D eigenvalue weighted by Crippen LogP contribution is -2.44. The highest BCUT2D eigenvalue weighted by Crippen LogP contribution is 2.29. The summed E-state index contributed by atoms with van der Waals surface area (Å²) in [7, 11) is 0. The maximum atomic E-state index is 12.0. The third kappa shape index (κ3) is 5.68. The summed E-state index contributed by atoms with van der Waals surface area (Å²) in [4.78, 5) is 24.7. The third-order valence-corrected chi connectivity index (χ3v) is 4.50. The van der Waals surface area contributed by atoms with E-state index in [9.17, 15) is 9.59 Å². The number of carbonyl (C=O) groups is 2. The van der Waals surface area contributed by atoms with Gasteiger partial charge >= 0.3 is 12.1 Å². The van der Waals surface area contributed by atoms with E-state index >= 15 is 0 Å². The molecular formula is C17H29NO5. The molecule has 1 saturated heterocycles. The Morgan fingerprint density at radius 2 is 1.48 bits per heavy atom. The standard InChI is InChI=1S/C17H29NO5/c1-17(2,3)23-16(21)18-10-8-14(9-11-18)22-13-6-4-12(5-7-13)15(19)20/h12-14H,4-11H2,1-3H3,(H,19,20). The lowest BCUT2D eigenvalue weighted by Gasteiger charge is -2.36. The zero-order valence-corrected chi connectivity index (χ0v) is 14.4. The summed E-state index contributed by atoms with van der Waals surface area (Å²) in [5.74, 6) is -0.891. The van der Waals surface area contributed by atoms with Crippen LogP contribution in [0.4, 0.5) is 4.79 Å². The summed E-state index contributed by atoms with van der Waals surface area (Å²) in [6.07, 6.45) is 4.78. The van der Waals surface area contributed by atoms with Crippen molar-refractivity contribution in [3.63, 3.8) is 0 Å². The number of nitrogens with zero attached hydrogens (tertiary/aromatic N) is 1. The number of amides is 1. The van der Waals surface area contributed by atoms with E-state index in [0.717, 1.165) is 25.7 Å². The molecule has 1 heterocycles. The minimum Gasteiger partial charge on any atom is -0.481 e. The molecule has 6 nitrogen and oxygen atoms in total. The summed E-state index contributed by atoms with van der Waals surface area (Å²) in [5.41, 5.74) is -0.465. The van der Waals surface area contributed by atoms with Gasteiger partial charge in [0, 0.05) is 13.1 Å². The number of carboxylic acids is 1. The molecule has 23 heavy (non-hydrogen) atoms. The first kappa shape index (κ1) is 18.0. The molecule has 6 heteroatoms. The van der Waals surface area contributed by atoms with Crippen molar-refractivity contribution >= 4 is 12.1 Å². The van der Waals surface area contributed by atoms with Gasteiger partial charge in [-0.25, -0.2) is 4.79 Å². The monoisotopic (exact) mass is 327 g/mol. The van der Waals surface area contributed by atoms with Gasteiger partial charge in [0.05, 0.1) is 18.1 Å². The average molecular weight is 327 g/mol. The fourth-order valence-corrected chi connectivity index (χ4v) is 3.22. The van der Waals surface area contributed by atoms with Crippen LogP contribution >= 0.6 is 0 Å². The van der Waals surface area contributed by atoms with Gasteiger partial charge in [-0.2, -0.15) is 0 Å². The van der Waals surface area contributed by atoms with E-state index in [1.54, 1.807) is 4.90 Å². The number of carboxylic acid groups (broad SMARTS) is 1. The SMILES string of the molecule is CC(C)(C)OC(=O)N1CCC(OC2CCC(C(=O)O)CC2)CC1. The molecule has 2 fully saturated rings. The number of hydrogen-bond donors (Lipinski definition) is 1. The Labute approximate surface area is 138 Å². The highest BCUT2D eigenvalue weighted by Gasteiger charge is 2.31. The van der Waals surface area contributed by atoms with Crippen LogP contribution in [0.1, 0.15) is 59.3 Å². The molecule has 0 unspecified atom stereocenters. The predicted octanol–water partition coefficient (Wildman–Crippen LogP) is 3.05. The van der Waals surface area contributed by atoms with Gasteiger partial charge in [0.25, 0.3) is 0 Å². The van der Waals surface area contributed by atoms with Crippen LogP contribution in [0, 0.1) is 5.92 Å².